The maximum atomic E-state index is 6.02. The average molecular weight is 324 g/mol. The fourth-order valence-corrected chi connectivity index (χ4v) is 2.89. The van der Waals surface area contributed by atoms with Crippen LogP contribution in [-0.2, 0) is 13.1 Å². The predicted molar refractivity (Wildman–Crippen MR) is 92.3 cm³/mol. The van der Waals surface area contributed by atoms with Gasteiger partial charge in [-0.1, -0.05) is 23.7 Å². The molecule has 0 saturated carbocycles. The van der Waals surface area contributed by atoms with Gasteiger partial charge in [-0.05, 0) is 38.5 Å². The third-order valence-electron chi connectivity index (χ3n) is 2.97. The smallest absolute Gasteiger partial charge is 0.185 e. The van der Waals surface area contributed by atoms with Gasteiger partial charge in [0.25, 0.3) is 0 Å². The van der Waals surface area contributed by atoms with Crippen molar-refractivity contribution in [3.63, 3.8) is 0 Å². The lowest BCUT2D eigenvalue weighted by Gasteiger charge is -2.19. The van der Waals surface area contributed by atoms with Gasteiger partial charge in [-0.3, -0.25) is 0 Å². The predicted octanol–water partition coefficient (Wildman–Crippen LogP) is 4.32. The van der Waals surface area contributed by atoms with Gasteiger partial charge in [-0.25, -0.2) is 4.98 Å². The standard InChI is InChI=1S/C16H22ClN3S/c1-16(2,3)18-9-14-11-21-15(19-14)20(4)10-12-6-5-7-13(17)8-12/h5-8,11,18H,9-10H2,1-4H3. The van der Waals surface area contributed by atoms with Crippen LogP contribution in [0.2, 0.25) is 5.02 Å². The second-order valence-electron chi connectivity index (χ2n) is 6.21. The maximum absolute atomic E-state index is 6.02. The number of aromatic nitrogens is 1. The van der Waals surface area contributed by atoms with Gasteiger partial charge in [0.05, 0.1) is 5.69 Å². The Morgan fingerprint density at radius 2 is 2.10 bits per heavy atom. The fourth-order valence-electron chi connectivity index (χ4n) is 1.89. The Kier molecular flexibility index (Phi) is 5.25. The number of nitrogens with one attached hydrogen (secondary N) is 1. The highest BCUT2D eigenvalue weighted by Crippen LogP contribution is 2.22. The summed E-state index contributed by atoms with van der Waals surface area (Å²) < 4.78 is 0. The van der Waals surface area contributed by atoms with E-state index >= 15 is 0 Å². The van der Waals surface area contributed by atoms with Crippen molar-refractivity contribution in [3.8, 4) is 0 Å². The summed E-state index contributed by atoms with van der Waals surface area (Å²) in [5.41, 5.74) is 2.38. The Balaban J connectivity index is 1.97. The molecular formula is C16H22ClN3S. The number of hydrogen-bond donors (Lipinski definition) is 1. The van der Waals surface area contributed by atoms with Crippen molar-refractivity contribution in [2.24, 2.45) is 0 Å². The molecule has 1 aromatic heterocycles. The molecule has 114 valence electrons. The number of nitrogens with zero attached hydrogens (tertiary/aromatic N) is 2. The van der Waals surface area contributed by atoms with Gasteiger partial charge in [0.2, 0.25) is 0 Å². The Hall–Kier alpha value is -1.10. The zero-order valence-electron chi connectivity index (χ0n) is 13.0. The lowest BCUT2D eigenvalue weighted by atomic mass is 10.1. The molecule has 1 heterocycles. The number of thiazole rings is 1. The van der Waals surface area contributed by atoms with E-state index in [-0.39, 0.29) is 5.54 Å². The molecule has 0 bridgehead atoms. The molecule has 0 radical (unpaired) electrons. The molecule has 0 unspecified atom stereocenters. The summed E-state index contributed by atoms with van der Waals surface area (Å²) in [4.78, 5) is 6.83. The van der Waals surface area contributed by atoms with Crippen LogP contribution in [0.15, 0.2) is 29.6 Å². The van der Waals surface area contributed by atoms with Crippen molar-refractivity contribution >= 4 is 28.1 Å². The quantitative estimate of drug-likeness (QED) is 0.888. The van der Waals surface area contributed by atoms with Crippen LogP contribution in [0.5, 0.6) is 0 Å². The van der Waals surface area contributed by atoms with E-state index < -0.39 is 0 Å². The fraction of sp³-hybridized carbons (Fsp3) is 0.438. The van der Waals surface area contributed by atoms with Gasteiger partial charge in [0.1, 0.15) is 0 Å². The minimum Gasteiger partial charge on any atom is -0.347 e. The summed E-state index contributed by atoms with van der Waals surface area (Å²) in [6, 6.07) is 7.95. The van der Waals surface area contributed by atoms with Crippen LogP contribution >= 0.6 is 22.9 Å². The molecule has 1 aromatic carbocycles. The van der Waals surface area contributed by atoms with Crippen LogP contribution in [0.1, 0.15) is 32.0 Å². The van der Waals surface area contributed by atoms with Crippen molar-refractivity contribution in [2.75, 3.05) is 11.9 Å². The van der Waals surface area contributed by atoms with Gasteiger partial charge < -0.3 is 10.2 Å². The molecule has 0 aliphatic heterocycles. The number of hydrogen-bond acceptors (Lipinski definition) is 4. The topological polar surface area (TPSA) is 28.2 Å². The third kappa shape index (κ3) is 5.30. The Morgan fingerprint density at radius 1 is 1.33 bits per heavy atom. The largest absolute Gasteiger partial charge is 0.347 e. The molecular weight excluding hydrogens is 302 g/mol. The molecule has 5 heteroatoms. The Morgan fingerprint density at radius 3 is 2.76 bits per heavy atom. The van der Waals surface area contributed by atoms with E-state index in [1.54, 1.807) is 11.3 Å². The summed E-state index contributed by atoms with van der Waals surface area (Å²) in [5.74, 6) is 0. The van der Waals surface area contributed by atoms with Crippen LogP contribution < -0.4 is 10.2 Å². The van der Waals surface area contributed by atoms with Crippen LogP contribution in [0, 0.1) is 0 Å². The Bertz CT molecular complexity index is 589. The summed E-state index contributed by atoms with van der Waals surface area (Å²) in [5, 5.41) is 7.37. The molecule has 0 fully saturated rings. The zero-order valence-corrected chi connectivity index (χ0v) is 14.6. The van der Waals surface area contributed by atoms with Gasteiger partial charge in [0.15, 0.2) is 5.13 Å². The summed E-state index contributed by atoms with van der Waals surface area (Å²) in [6.45, 7) is 8.08. The first kappa shape index (κ1) is 16.3. The van der Waals surface area contributed by atoms with Crippen LogP contribution in [0.4, 0.5) is 5.13 Å². The van der Waals surface area contributed by atoms with Gasteiger partial charge in [-0.2, -0.15) is 0 Å². The molecule has 21 heavy (non-hydrogen) atoms. The van der Waals surface area contributed by atoms with Crippen molar-refractivity contribution in [2.45, 2.75) is 39.4 Å². The monoisotopic (exact) mass is 323 g/mol. The van der Waals surface area contributed by atoms with Crippen molar-refractivity contribution < 1.29 is 0 Å². The highest BCUT2D eigenvalue weighted by atomic mass is 35.5. The molecule has 2 rings (SSSR count). The molecule has 0 amide bonds. The van der Waals surface area contributed by atoms with E-state index in [1.165, 1.54) is 5.56 Å². The van der Waals surface area contributed by atoms with Gasteiger partial charge in [-0.15, -0.1) is 11.3 Å². The highest BCUT2D eigenvalue weighted by Gasteiger charge is 2.12. The summed E-state index contributed by atoms with van der Waals surface area (Å²) in [7, 11) is 2.06. The molecule has 0 aliphatic carbocycles. The van der Waals surface area contributed by atoms with Crippen molar-refractivity contribution in [3.05, 3.63) is 45.9 Å². The SMILES string of the molecule is CN(Cc1cccc(Cl)c1)c1nc(CNC(C)(C)C)cs1. The van der Waals surface area contributed by atoms with E-state index in [1.807, 2.05) is 18.2 Å². The molecule has 0 spiro atoms. The molecule has 2 aromatic rings. The first-order valence-corrected chi connectivity index (χ1v) is 8.24. The summed E-state index contributed by atoms with van der Waals surface area (Å²) in [6.07, 6.45) is 0. The second-order valence-corrected chi connectivity index (χ2v) is 7.48. The first-order valence-electron chi connectivity index (χ1n) is 6.98. The number of halogens is 1. The molecule has 0 aliphatic rings. The van der Waals surface area contributed by atoms with Crippen molar-refractivity contribution in [1.29, 1.82) is 0 Å². The van der Waals surface area contributed by atoms with E-state index in [0.29, 0.717) is 0 Å². The third-order valence-corrected chi connectivity index (χ3v) is 4.21. The van der Waals surface area contributed by atoms with Crippen molar-refractivity contribution in [1.82, 2.24) is 10.3 Å². The van der Waals surface area contributed by atoms with Crippen LogP contribution in [0.3, 0.4) is 0 Å². The minimum atomic E-state index is 0.108. The zero-order chi connectivity index (χ0) is 15.5. The van der Waals surface area contributed by atoms with E-state index in [9.17, 15) is 0 Å². The highest BCUT2D eigenvalue weighted by molar-refractivity contribution is 7.13. The lowest BCUT2D eigenvalue weighted by Crippen LogP contribution is -2.35. The van der Waals surface area contributed by atoms with E-state index in [0.717, 1.165) is 28.9 Å². The first-order chi connectivity index (χ1) is 9.83. The van der Waals surface area contributed by atoms with E-state index in [4.69, 9.17) is 11.6 Å². The summed E-state index contributed by atoms with van der Waals surface area (Å²) >= 11 is 7.70. The van der Waals surface area contributed by atoms with Gasteiger partial charge >= 0.3 is 0 Å². The van der Waals surface area contributed by atoms with Gasteiger partial charge in [0, 0.05) is 36.1 Å². The number of benzene rings is 1. The maximum Gasteiger partial charge on any atom is 0.185 e. The molecule has 0 saturated heterocycles. The average Bonchev–Trinajstić information content (AvgIpc) is 2.84. The minimum absolute atomic E-state index is 0.108. The van der Waals surface area contributed by atoms with Crippen LogP contribution in [-0.4, -0.2) is 17.6 Å². The Labute approximate surface area is 136 Å². The van der Waals surface area contributed by atoms with E-state index in [2.05, 4.69) is 54.5 Å². The molecule has 1 N–H and O–H groups in total. The lowest BCUT2D eigenvalue weighted by molar-refractivity contribution is 0.422. The molecule has 3 nitrogen and oxygen atoms in total. The number of anilines is 1. The normalized spacial score (nSPS) is 11.7. The van der Waals surface area contributed by atoms with Crippen LogP contribution in [0.25, 0.3) is 0 Å². The second kappa shape index (κ2) is 6.77. The number of rotatable bonds is 5. The molecule has 0 atom stereocenters.